The first-order valence-corrected chi connectivity index (χ1v) is 12.8. The molecule has 2 heterocycles. The van der Waals surface area contributed by atoms with Gasteiger partial charge in [-0.25, -0.2) is 0 Å². The number of hydrogen-bond acceptors (Lipinski definition) is 2. The Morgan fingerprint density at radius 2 is 0.970 bits per heavy atom. The Morgan fingerprint density at radius 1 is 0.485 bits per heavy atom. The first-order valence-electron chi connectivity index (χ1n) is 12.8. The molecule has 33 heavy (non-hydrogen) atoms. The molecule has 3 rings (SSSR count). The van der Waals surface area contributed by atoms with Gasteiger partial charge in [-0.15, -0.1) is 0 Å². The lowest BCUT2D eigenvalue weighted by Gasteiger charge is -2.01. The van der Waals surface area contributed by atoms with Gasteiger partial charge in [-0.05, 0) is 47.1 Å². The molecule has 2 nitrogen and oxygen atoms in total. The van der Waals surface area contributed by atoms with Crippen LogP contribution >= 0.6 is 0 Å². The molecular formula is C31H52N2. The van der Waals surface area contributed by atoms with Gasteiger partial charge in [0.1, 0.15) is 0 Å². The molecule has 0 radical (unpaired) electrons. The molecule has 0 aliphatic rings. The molecular weight excluding hydrogens is 400 g/mol. The Labute approximate surface area is 206 Å². The van der Waals surface area contributed by atoms with E-state index in [2.05, 4.69) is 81.8 Å². The first kappa shape index (κ1) is 35.1. The van der Waals surface area contributed by atoms with Crippen LogP contribution in [0.2, 0.25) is 0 Å². The maximum Gasteiger partial charge on any atom is 0.0428 e. The zero-order valence-corrected chi connectivity index (χ0v) is 23.6. The van der Waals surface area contributed by atoms with Crippen LogP contribution in [0.1, 0.15) is 118 Å². The highest BCUT2D eigenvalue weighted by Crippen LogP contribution is 2.12. The highest BCUT2D eigenvalue weighted by atomic mass is 14.7. The Kier molecular flexibility index (Phi) is 27.4. The van der Waals surface area contributed by atoms with Crippen molar-refractivity contribution >= 4 is 0 Å². The Hall–Kier alpha value is -2.48. The molecule has 0 unspecified atom stereocenters. The molecule has 0 saturated carbocycles. The van der Waals surface area contributed by atoms with Crippen molar-refractivity contribution in [3.63, 3.8) is 0 Å². The fraction of sp³-hybridized carbons (Fsp3) is 0.484. The summed E-state index contributed by atoms with van der Waals surface area (Å²) >= 11 is 0. The van der Waals surface area contributed by atoms with Crippen LogP contribution in [0.15, 0.2) is 79.3 Å². The molecule has 1 aromatic carbocycles. The standard InChI is InChI=1S/C9H12.2C8H11N.3C2H6/c1-8(2)9-6-4-3-5-7-9;1-7(2)8-4-3-5-9-6-8;1-7(2)8-5-3-4-6-9-8;3*1-2/h3-8H,1-2H3;2*3-7H,1-2H3;3*1-2H3. The van der Waals surface area contributed by atoms with Crippen LogP contribution in [-0.2, 0) is 0 Å². The number of nitrogens with zero attached hydrogens (tertiary/aromatic N) is 2. The van der Waals surface area contributed by atoms with Gasteiger partial charge in [0.05, 0.1) is 0 Å². The van der Waals surface area contributed by atoms with Gasteiger partial charge in [0.2, 0.25) is 0 Å². The van der Waals surface area contributed by atoms with Crippen molar-refractivity contribution in [1.29, 1.82) is 0 Å². The summed E-state index contributed by atoms with van der Waals surface area (Å²) in [5.74, 6) is 1.80. The summed E-state index contributed by atoms with van der Waals surface area (Å²) in [6.45, 7) is 25.0. The van der Waals surface area contributed by atoms with Gasteiger partial charge in [0, 0.05) is 24.3 Å². The average Bonchev–Trinajstić information content (AvgIpc) is 2.90. The largest absolute Gasteiger partial charge is 0.264 e. The summed E-state index contributed by atoms with van der Waals surface area (Å²) in [6.07, 6.45) is 5.53. The monoisotopic (exact) mass is 452 g/mol. The smallest absolute Gasteiger partial charge is 0.0428 e. The summed E-state index contributed by atoms with van der Waals surface area (Å²) in [7, 11) is 0. The van der Waals surface area contributed by atoms with Crippen molar-refractivity contribution in [3.05, 3.63) is 96.1 Å². The van der Waals surface area contributed by atoms with Crippen LogP contribution in [0.4, 0.5) is 0 Å². The van der Waals surface area contributed by atoms with E-state index in [4.69, 9.17) is 0 Å². The van der Waals surface area contributed by atoms with E-state index >= 15 is 0 Å². The third kappa shape index (κ3) is 19.9. The summed E-state index contributed by atoms with van der Waals surface area (Å²) in [5, 5.41) is 0. The van der Waals surface area contributed by atoms with Gasteiger partial charge in [-0.2, -0.15) is 0 Å². The lowest BCUT2D eigenvalue weighted by molar-refractivity contribution is 0.823. The van der Waals surface area contributed by atoms with E-state index < -0.39 is 0 Å². The minimum atomic E-state index is 0.547. The summed E-state index contributed by atoms with van der Waals surface area (Å²) < 4.78 is 0. The van der Waals surface area contributed by atoms with E-state index in [0.29, 0.717) is 17.8 Å². The van der Waals surface area contributed by atoms with Gasteiger partial charge in [0.25, 0.3) is 0 Å². The Morgan fingerprint density at radius 3 is 1.24 bits per heavy atom. The SMILES string of the molecule is CC.CC.CC.CC(C)c1ccccc1.CC(C)c1ccccn1.CC(C)c1cccnc1. The van der Waals surface area contributed by atoms with Crippen LogP contribution in [0.25, 0.3) is 0 Å². The molecule has 186 valence electrons. The van der Waals surface area contributed by atoms with Crippen molar-refractivity contribution in [3.8, 4) is 0 Å². The van der Waals surface area contributed by atoms with Crippen LogP contribution in [-0.4, -0.2) is 9.97 Å². The van der Waals surface area contributed by atoms with Gasteiger partial charge in [-0.3, -0.25) is 9.97 Å². The minimum absolute atomic E-state index is 0.547. The molecule has 3 aromatic rings. The highest BCUT2D eigenvalue weighted by Gasteiger charge is 1.96. The van der Waals surface area contributed by atoms with Crippen molar-refractivity contribution in [2.24, 2.45) is 0 Å². The third-order valence-corrected chi connectivity index (χ3v) is 4.10. The van der Waals surface area contributed by atoms with Crippen LogP contribution in [0, 0.1) is 0 Å². The molecule has 0 N–H and O–H groups in total. The van der Waals surface area contributed by atoms with Crippen molar-refractivity contribution in [2.75, 3.05) is 0 Å². The van der Waals surface area contributed by atoms with E-state index in [0.717, 1.165) is 5.69 Å². The topological polar surface area (TPSA) is 25.8 Å². The molecule has 0 aliphatic heterocycles. The van der Waals surface area contributed by atoms with E-state index in [1.807, 2.05) is 84.3 Å². The van der Waals surface area contributed by atoms with Crippen molar-refractivity contribution in [1.82, 2.24) is 9.97 Å². The average molecular weight is 453 g/mol. The second-order valence-corrected chi connectivity index (χ2v) is 7.42. The maximum atomic E-state index is 4.18. The number of hydrogen-bond donors (Lipinski definition) is 0. The second-order valence-electron chi connectivity index (χ2n) is 7.42. The Balaban J connectivity index is -0.000000367. The summed E-state index contributed by atoms with van der Waals surface area (Å²) in [6, 6.07) is 20.6. The number of rotatable bonds is 3. The zero-order chi connectivity index (χ0) is 26.1. The molecule has 2 heteroatoms. The van der Waals surface area contributed by atoms with Gasteiger partial charge < -0.3 is 0 Å². The molecule has 2 aromatic heterocycles. The maximum absolute atomic E-state index is 4.18. The van der Waals surface area contributed by atoms with E-state index in [9.17, 15) is 0 Å². The van der Waals surface area contributed by atoms with Crippen LogP contribution in [0.3, 0.4) is 0 Å². The van der Waals surface area contributed by atoms with Crippen LogP contribution in [0.5, 0.6) is 0 Å². The van der Waals surface area contributed by atoms with E-state index in [-0.39, 0.29) is 0 Å². The van der Waals surface area contributed by atoms with Crippen molar-refractivity contribution in [2.45, 2.75) is 101 Å². The number of pyridine rings is 2. The van der Waals surface area contributed by atoms with Crippen LogP contribution < -0.4 is 0 Å². The summed E-state index contributed by atoms with van der Waals surface area (Å²) in [4.78, 5) is 8.18. The number of aromatic nitrogens is 2. The lowest BCUT2D eigenvalue weighted by Crippen LogP contribution is -1.88. The van der Waals surface area contributed by atoms with Gasteiger partial charge in [0.15, 0.2) is 0 Å². The van der Waals surface area contributed by atoms with E-state index in [1.165, 1.54) is 11.1 Å². The Bertz CT molecular complexity index is 602. The van der Waals surface area contributed by atoms with Crippen molar-refractivity contribution < 1.29 is 0 Å². The first-order chi connectivity index (χ1) is 15.9. The molecule has 0 aliphatic carbocycles. The minimum Gasteiger partial charge on any atom is -0.264 e. The molecule has 0 fully saturated rings. The second kappa shape index (κ2) is 25.8. The summed E-state index contributed by atoms with van der Waals surface area (Å²) in [5.41, 5.74) is 3.88. The lowest BCUT2D eigenvalue weighted by atomic mass is 10.0. The van der Waals surface area contributed by atoms with Gasteiger partial charge in [-0.1, -0.05) is 126 Å². The fourth-order valence-electron chi connectivity index (χ4n) is 2.27. The fourth-order valence-corrected chi connectivity index (χ4v) is 2.27. The van der Waals surface area contributed by atoms with E-state index in [1.54, 1.807) is 6.20 Å². The quantitative estimate of drug-likeness (QED) is 0.395. The molecule has 0 spiro atoms. The molecule has 0 amide bonds. The van der Waals surface area contributed by atoms with Gasteiger partial charge >= 0.3 is 0 Å². The predicted octanol–water partition coefficient (Wildman–Crippen LogP) is 10.3. The molecule has 0 atom stereocenters. The highest BCUT2D eigenvalue weighted by molar-refractivity contribution is 5.17. The predicted molar refractivity (Wildman–Crippen MR) is 151 cm³/mol. The number of benzene rings is 1. The normalized spacial score (nSPS) is 8.82. The molecule has 0 bridgehead atoms. The molecule has 0 saturated heterocycles. The zero-order valence-electron chi connectivity index (χ0n) is 23.6. The third-order valence-electron chi connectivity index (χ3n) is 4.10.